The van der Waals surface area contributed by atoms with Crippen LogP contribution in [0.5, 0.6) is 0 Å². The van der Waals surface area contributed by atoms with Gasteiger partial charge in [-0.2, -0.15) is 0 Å². The van der Waals surface area contributed by atoms with Crippen molar-refractivity contribution in [2.45, 2.75) is 51.6 Å². The molecule has 1 unspecified atom stereocenters. The van der Waals surface area contributed by atoms with Crippen molar-refractivity contribution in [1.29, 1.82) is 0 Å². The fourth-order valence-electron chi connectivity index (χ4n) is 6.01. The summed E-state index contributed by atoms with van der Waals surface area (Å²) >= 11 is 0. The summed E-state index contributed by atoms with van der Waals surface area (Å²) in [5.74, 6) is 0.496. The number of anilines is 1. The minimum absolute atomic E-state index is 0.122. The molecule has 6 rings (SSSR count). The zero-order valence-corrected chi connectivity index (χ0v) is 21.3. The number of aromatic amines is 1. The smallest absolute Gasteiger partial charge is 0.253 e. The number of fused-ring (bicyclic) bond motifs is 1. The van der Waals surface area contributed by atoms with Crippen LogP contribution in [0.4, 0.5) is 10.1 Å². The number of tetrazole rings is 1. The number of benzene rings is 2. The molecule has 1 aliphatic carbocycles. The van der Waals surface area contributed by atoms with Crippen LogP contribution < -0.4 is 10.5 Å². The van der Waals surface area contributed by atoms with Gasteiger partial charge in [0.1, 0.15) is 11.9 Å². The average Bonchev–Trinajstić information content (AvgIpc) is 3.60. The number of aromatic nitrogens is 5. The molecule has 192 valence electrons. The first-order valence-corrected chi connectivity index (χ1v) is 13.2. The summed E-state index contributed by atoms with van der Waals surface area (Å²) in [4.78, 5) is 21.1. The second kappa shape index (κ2) is 9.70. The third kappa shape index (κ3) is 4.31. The second-order valence-corrected chi connectivity index (χ2v) is 10.3. The number of para-hydroxylation sites is 1. The highest BCUT2D eigenvalue weighted by Crippen LogP contribution is 2.35. The summed E-state index contributed by atoms with van der Waals surface area (Å²) in [5.41, 5.74) is 4.15. The maximum atomic E-state index is 14.5. The number of halogens is 1. The number of nitrogens with zero attached hydrogens (tertiary/aromatic N) is 6. The lowest BCUT2D eigenvalue weighted by Crippen LogP contribution is -2.49. The van der Waals surface area contributed by atoms with Crippen molar-refractivity contribution in [2.75, 3.05) is 31.1 Å². The molecule has 1 N–H and O–H groups in total. The normalized spacial score (nSPS) is 18.1. The Bertz CT molecular complexity index is 1480. The van der Waals surface area contributed by atoms with Gasteiger partial charge in [-0.25, -0.2) is 9.07 Å². The fraction of sp³-hybridized carbons (Fsp3) is 0.429. The predicted molar refractivity (Wildman–Crippen MR) is 141 cm³/mol. The maximum Gasteiger partial charge on any atom is 0.253 e. The zero-order chi connectivity index (χ0) is 25.5. The number of aryl methyl sites for hydroxylation is 2. The van der Waals surface area contributed by atoms with Crippen molar-refractivity contribution in [3.8, 4) is 0 Å². The maximum absolute atomic E-state index is 14.5. The van der Waals surface area contributed by atoms with Crippen LogP contribution in [0.3, 0.4) is 0 Å². The first-order valence-electron chi connectivity index (χ1n) is 13.2. The lowest BCUT2D eigenvalue weighted by Gasteiger charge is -2.40. The quantitative estimate of drug-likeness (QED) is 0.439. The Morgan fingerprint density at radius 2 is 1.73 bits per heavy atom. The largest absolute Gasteiger partial charge is 0.367 e. The lowest BCUT2D eigenvalue weighted by atomic mass is 9.99. The van der Waals surface area contributed by atoms with Gasteiger partial charge in [0, 0.05) is 37.1 Å². The third-order valence-corrected chi connectivity index (χ3v) is 8.07. The Labute approximate surface area is 215 Å². The van der Waals surface area contributed by atoms with Gasteiger partial charge in [0.05, 0.1) is 17.2 Å². The molecule has 1 atom stereocenters. The number of hydrogen-bond acceptors (Lipinski definition) is 6. The highest BCUT2D eigenvalue weighted by Gasteiger charge is 2.35. The van der Waals surface area contributed by atoms with Gasteiger partial charge in [0.2, 0.25) is 0 Å². The van der Waals surface area contributed by atoms with Crippen LogP contribution >= 0.6 is 0 Å². The molecule has 1 saturated heterocycles. The molecule has 2 aromatic carbocycles. The van der Waals surface area contributed by atoms with Crippen molar-refractivity contribution in [1.82, 2.24) is 30.1 Å². The number of H-pyrrole nitrogens is 1. The summed E-state index contributed by atoms with van der Waals surface area (Å²) in [6, 6.07) is 12.9. The van der Waals surface area contributed by atoms with Crippen LogP contribution in [0.2, 0.25) is 0 Å². The first kappa shape index (κ1) is 23.8. The second-order valence-electron chi connectivity index (χ2n) is 10.3. The van der Waals surface area contributed by atoms with Crippen LogP contribution in [0.15, 0.2) is 47.3 Å². The molecule has 3 heterocycles. The molecule has 37 heavy (non-hydrogen) atoms. The Balaban J connectivity index is 1.42. The van der Waals surface area contributed by atoms with E-state index in [1.807, 2.05) is 35.9 Å². The Kier molecular flexibility index (Phi) is 6.24. The molecule has 0 bridgehead atoms. The van der Waals surface area contributed by atoms with E-state index in [-0.39, 0.29) is 17.4 Å². The van der Waals surface area contributed by atoms with E-state index in [2.05, 4.69) is 43.3 Å². The monoisotopic (exact) mass is 501 g/mol. The molecule has 0 spiro atoms. The van der Waals surface area contributed by atoms with Gasteiger partial charge in [0.15, 0.2) is 5.82 Å². The molecule has 0 amide bonds. The van der Waals surface area contributed by atoms with Crippen molar-refractivity contribution >= 4 is 16.6 Å². The van der Waals surface area contributed by atoms with Gasteiger partial charge >= 0.3 is 0 Å². The van der Waals surface area contributed by atoms with Crippen molar-refractivity contribution in [3.05, 3.63) is 81.2 Å². The van der Waals surface area contributed by atoms with Crippen molar-refractivity contribution in [2.24, 2.45) is 0 Å². The minimum atomic E-state index is -0.397. The summed E-state index contributed by atoms with van der Waals surface area (Å²) < 4.78 is 16.4. The van der Waals surface area contributed by atoms with E-state index in [1.54, 1.807) is 6.07 Å². The van der Waals surface area contributed by atoms with E-state index in [9.17, 15) is 9.18 Å². The molecule has 1 saturated carbocycles. The van der Waals surface area contributed by atoms with Crippen molar-refractivity contribution in [3.63, 3.8) is 0 Å². The number of rotatable bonds is 5. The topological polar surface area (TPSA) is 82.9 Å². The van der Waals surface area contributed by atoms with Crippen LogP contribution in [-0.4, -0.2) is 56.3 Å². The summed E-state index contributed by atoms with van der Waals surface area (Å²) in [7, 11) is 0. The average molecular weight is 502 g/mol. The van der Waals surface area contributed by atoms with Crippen LogP contribution in [-0.2, 0) is 0 Å². The number of hydrogen-bond donors (Lipinski definition) is 1. The van der Waals surface area contributed by atoms with E-state index >= 15 is 0 Å². The van der Waals surface area contributed by atoms with Gasteiger partial charge in [0.25, 0.3) is 5.56 Å². The highest BCUT2D eigenvalue weighted by atomic mass is 19.1. The summed E-state index contributed by atoms with van der Waals surface area (Å²) in [5, 5.41) is 14.0. The predicted octanol–water partition coefficient (Wildman–Crippen LogP) is 4.30. The van der Waals surface area contributed by atoms with E-state index in [0.717, 1.165) is 47.7 Å². The Morgan fingerprint density at radius 1 is 1.00 bits per heavy atom. The molecule has 8 nitrogen and oxygen atoms in total. The van der Waals surface area contributed by atoms with E-state index in [0.29, 0.717) is 43.3 Å². The Morgan fingerprint density at radius 3 is 2.49 bits per heavy atom. The molecule has 4 aromatic rings. The van der Waals surface area contributed by atoms with Crippen LogP contribution in [0, 0.1) is 19.7 Å². The van der Waals surface area contributed by atoms with E-state index in [4.69, 9.17) is 0 Å². The van der Waals surface area contributed by atoms with Crippen LogP contribution in [0.25, 0.3) is 10.9 Å². The zero-order valence-electron chi connectivity index (χ0n) is 21.3. The third-order valence-electron chi connectivity index (χ3n) is 8.07. The number of piperazine rings is 1. The standard InChI is InChI=1S/C28H32FN7O/c1-18-11-12-19(2)25-21(18)17-22(28(37)30-25)26(27-31-32-33-36(27)20-7-3-4-8-20)35-15-13-34(14-16-35)24-10-6-5-9-23(24)29/h5-6,9-12,17,20,26H,3-4,7-8,13-16H2,1-2H3,(H,30,37). The molecule has 9 heteroatoms. The van der Waals surface area contributed by atoms with Gasteiger partial charge in [-0.15, -0.1) is 5.10 Å². The summed E-state index contributed by atoms with van der Waals surface area (Å²) in [6.45, 7) is 6.67. The number of nitrogens with one attached hydrogen (secondary N) is 1. The first-order chi connectivity index (χ1) is 18.0. The van der Waals surface area contributed by atoms with Crippen LogP contribution in [0.1, 0.15) is 60.3 Å². The fourth-order valence-corrected chi connectivity index (χ4v) is 6.01. The SMILES string of the molecule is Cc1ccc(C)c2[nH]c(=O)c(C(c3nnnn3C3CCCC3)N3CCN(c4ccccc4F)CC3)cc12. The summed E-state index contributed by atoms with van der Waals surface area (Å²) in [6.07, 6.45) is 4.40. The van der Waals surface area contributed by atoms with Crippen molar-refractivity contribution < 1.29 is 4.39 Å². The molecule has 2 aliphatic rings. The molecule has 2 aromatic heterocycles. The molecular weight excluding hydrogens is 469 g/mol. The van der Waals surface area contributed by atoms with E-state index in [1.165, 1.54) is 6.07 Å². The molecular formula is C28H32FN7O. The Hall–Kier alpha value is -3.59. The van der Waals surface area contributed by atoms with Gasteiger partial charge in [-0.1, -0.05) is 37.1 Å². The minimum Gasteiger partial charge on any atom is -0.367 e. The van der Waals surface area contributed by atoms with Gasteiger partial charge in [-0.3, -0.25) is 9.69 Å². The molecule has 2 fully saturated rings. The highest BCUT2D eigenvalue weighted by molar-refractivity contribution is 5.85. The lowest BCUT2D eigenvalue weighted by molar-refractivity contribution is 0.196. The number of pyridine rings is 1. The van der Waals surface area contributed by atoms with Gasteiger partial charge in [-0.05, 0) is 66.4 Å². The van der Waals surface area contributed by atoms with Gasteiger partial charge < -0.3 is 9.88 Å². The van der Waals surface area contributed by atoms with E-state index < -0.39 is 6.04 Å². The molecule has 1 aliphatic heterocycles. The molecule has 0 radical (unpaired) electrons.